The molecular formula is C20H33AlN2O2. The maximum atomic E-state index is 8.48. The van der Waals surface area contributed by atoms with Gasteiger partial charge in [-0.2, -0.15) is 0 Å². The van der Waals surface area contributed by atoms with E-state index < -0.39 is 0 Å². The van der Waals surface area contributed by atoms with E-state index in [4.69, 9.17) is 10.2 Å². The van der Waals surface area contributed by atoms with Crippen molar-refractivity contribution in [3.8, 4) is 0 Å². The number of aliphatic hydroxyl groups excluding tert-OH is 2. The molecule has 5 heteroatoms. The molecule has 0 aliphatic carbocycles. The number of nitrogens with zero attached hydrogens (tertiary/aromatic N) is 2. The fourth-order valence-corrected chi connectivity index (χ4v) is 2.51. The van der Waals surface area contributed by atoms with Crippen LogP contribution in [0.15, 0.2) is 48.8 Å². The summed E-state index contributed by atoms with van der Waals surface area (Å²) >= 11 is 1.41. The fraction of sp³-hybridized carbons (Fsp3) is 0.500. The third-order valence-corrected chi connectivity index (χ3v) is 4.19. The largest absolute Gasteiger partial charge is 0.390 e. The van der Waals surface area contributed by atoms with Crippen LogP contribution in [0.2, 0.25) is 5.28 Å². The van der Waals surface area contributed by atoms with Crippen molar-refractivity contribution in [2.75, 3.05) is 0 Å². The summed E-state index contributed by atoms with van der Waals surface area (Å²) in [7, 11) is 0. The molecular weight excluding hydrogens is 327 g/mol. The van der Waals surface area contributed by atoms with Crippen molar-refractivity contribution < 1.29 is 10.2 Å². The van der Waals surface area contributed by atoms with Gasteiger partial charge in [0, 0.05) is 12.4 Å². The predicted molar refractivity (Wildman–Crippen MR) is 107 cm³/mol. The molecule has 2 N–H and O–H groups in total. The highest BCUT2D eigenvalue weighted by molar-refractivity contribution is 6.08. The van der Waals surface area contributed by atoms with E-state index >= 15 is 0 Å². The van der Waals surface area contributed by atoms with Gasteiger partial charge in [-0.05, 0) is 24.3 Å². The summed E-state index contributed by atoms with van der Waals surface area (Å²) in [4.78, 5) is 7.69. The van der Waals surface area contributed by atoms with Gasteiger partial charge in [-0.3, -0.25) is 9.97 Å². The van der Waals surface area contributed by atoms with Crippen LogP contribution >= 0.6 is 0 Å². The zero-order valence-electron chi connectivity index (χ0n) is 15.8. The third-order valence-electron chi connectivity index (χ3n) is 3.48. The van der Waals surface area contributed by atoms with Crippen LogP contribution in [-0.4, -0.2) is 36.5 Å². The number of unbranched alkanes of at least 4 members (excludes halogenated alkanes) is 5. The Labute approximate surface area is 160 Å². The number of aliphatic hydroxyl groups is 2. The van der Waals surface area contributed by atoms with Crippen LogP contribution in [-0.2, 0) is 13.2 Å². The Hall–Kier alpha value is -1.25. The van der Waals surface area contributed by atoms with Crippen molar-refractivity contribution in [3.63, 3.8) is 0 Å². The second kappa shape index (κ2) is 19.1. The van der Waals surface area contributed by atoms with Gasteiger partial charge in [0.05, 0.1) is 24.6 Å². The molecule has 0 fully saturated rings. The Bertz CT molecular complexity index is 438. The lowest BCUT2D eigenvalue weighted by atomic mass is 10.1. The van der Waals surface area contributed by atoms with Gasteiger partial charge in [0.1, 0.15) is 0 Å². The molecule has 2 rings (SSSR count). The van der Waals surface area contributed by atoms with Gasteiger partial charge in [-0.15, -0.1) is 5.28 Å². The van der Waals surface area contributed by atoms with E-state index in [1.807, 2.05) is 24.3 Å². The monoisotopic (exact) mass is 360 g/mol. The fourth-order valence-electron chi connectivity index (χ4n) is 2.01. The van der Waals surface area contributed by atoms with Crippen molar-refractivity contribution >= 4 is 16.3 Å². The molecule has 0 amide bonds. The Kier molecular flexibility index (Phi) is 18.1. The maximum Gasteiger partial charge on any atom is 0.211 e. The second-order valence-corrected chi connectivity index (χ2v) is 6.73. The lowest BCUT2D eigenvalue weighted by molar-refractivity contribution is 0.276. The van der Waals surface area contributed by atoms with E-state index in [1.165, 1.54) is 60.1 Å². The molecule has 0 bridgehead atoms. The second-order valence-electron chi connectivity index (χ2n) is 5.73. The van der Waals surface area contributed by atoms with E-state index in [0.717, 1.165) is 0 Å². The minimum Gasteiger partial charge on any atom is -0.390 e. The van der Waals surface area contributed by atoms with Gasteiger partial charge in [0.15, 0.2) is 0 Å². The summed E-state index contributed by atoms with van der Waals surface area (Å²) in [5.41, 5.74) is 1.43. The molecule has 138 valence electrons. The van der Waals surface area contributed by atoms with Crippen LogP contribution in [0.25, 0.3) is 0 Å². The minimum absolute atomic E-state index is 0.0286. The molecule has 0 aliphatic rings. The lowest BCUT2D eigenvalue weighted by Gasteiger charge is -1.96. The molecule has 25 heavy (non-hydrogen) atoms. The summed E-state index contributed by atoms with van der Waals surface area (Å²) in [6, 6.07) is 10.9. The van der Waals surface area contributed by atoms with Crippen molar-refractivity contribution in [2.45, 2.75) is 63.9 Å². The molecule has 2 heterocycles. The smallest absolute Gasteiger partial charge is 0.211 e. The summed E-state index contributed by atoms with van der Waals surface area (Å²) in [5.74, 6) is 0. The molecule has 0 spiro atoms. The molecule has 0 saturated carbocycles. The average Bonchev–Trinajstić information content (AvgIpc) is 2.70. The molecule has 2 aromatic rings. The number of pyridine rings is 2. The first-order chi connectivity index (χ1) is 12.3. The van der Waals surface area contributed by atoms with Crippen LogP contribution in [0.4, 0.5) is 0 Å². The average molecular weight is 360 g/mol. The Morgan fingerprint density at radius 2 is 1.24 bits per heavy atom. The van der Waals surface area contributed by atoms with Crippen LogP contribution in [0, 0.1) is 0 Å². The van der Waals surface area contributed by atoms with Crippen molar-refractivity contribution in [1.82, 2.24) is 9.97 Å². The van der Waals surface area contributed by atoms with E-state index in [1.54, 1.807) is 24.5 Å². The van der Waals surface area contributed by atoms with Gasteiger partial charge in [0.25, 0.3) is 0 Å². The van der Waals surface area contributed by atoms with E-state index in [2.05, 4.69) is 16.9 Å². The number of rotatable bonds is 8. The van der Waals surface area contributed by atoms with Gasteiger partial charge in [-0.25, -0.2) is 0 Å². The van der Waals surface area contributed by atoms with Gasteiger partial charge >= 0.3 is 0 Å². The summed E-state index contributed by atoms with van der Waals surface area (Å²) in [6.45, 7) is 2.33. The highest BCUT2D eigenvalue weighted by atomic mass is 27.0. The molecule has 0 unspecified atom stereocenters. The predicted octanol–water partition coefficient (Wildman–Crippen LogP) is 3.55. The van der Waals surface area contributed by atoms with Crippen molar-refractivity contribution in [2.24, 2.45) is 0 Å². The Morgan fingerprint density at radius 3 is 1.56 bits per heavy atom. The first-order valence-electron chi connectivity index (χ1n) is 9.29. The van der Waals surface area contributed by atoms with Crippen LogP contribution in [0.3, 0.4) is 0 Å². The molecule has 0 radical (unpaired) electrons. The first-order valence-corrected chi connectivity index (χ1v) is 10.7. The maximum absolute atomic E-state index is 8.48. The number of hydrogen-bond donors (Lipinski definition) is 2. The first kappa shape index (κ1) is 23.8. The summed E-state index contributed by atoms with van der Waals surface area (Å²) < 4.78 is 0. The Balaban J connectivity index is 0.000000346. The molecule has 0 aliphatic heterocycles. The standard InChI is InChI=1S/C8H17.2C6H7NO.Al.2H/c1-3-5-7-8-6-4-2;2*8-5-6-3-1-2-4-7-6;;;/h1,3-8H2,2H3;2*1-4,8H,5H2;;;. The van der Waals surface area contributed by atoms with Gasteiger partial charge < -0.3 is 10.2 Å². The minimum atomic E-state index is 0.0286. The molecule has 2 aromatic heterocycles. The van der Waals surface area contributed by atoms with Crippen LogP contribution in [0.5, 0.6) is 0 Å². The van der Waals surface area contributed by atoms with Crippen LogP contribution < -0.4 is 0 Å². The third kappa shape index (κ3) is 16.0. The van der Waals surface area contributed by atoms with Crippen molar-refractivity contribution in [3.05, 3.63) is 60.2 Å². The molecule has 0 atom stereocenters. The normalized spacial score (nSPS) is 9.40. The molecule has 4 nitrogen and oxygen atoms in total. The molecule has 0 aromatic carbocycles. The highest BCUT2D eigenvalue weighted by Gasteiger charge is 1.86. The highest BCUT2D eigenvalue weighted by Crippen LogP contribution is 2.05. The summed E-state index contributed by atoms with van der Waals surface area (Å²) in [5, 5.41) is 18.5. The Morgan fingerprint density at radius 1 is 0.760 bits per heavy atom. The van der Waals surface area contributed by atoms with E-state index in [0.29, 0.717) is 11.4 Å². The quantitative estimate of drug-likeness (QED) is 0.558. The SMILES string of the molecule is CCCCCCC[CH2][AlH2].OCc1ccccn1.OCc1ccccn1. The van der Waals surface area contributed by atoms with Crippen molar-refractivity contribution in [1.29, 1.82) is 0 Å². The van der Waals surface area contributed by atoms with Gasteiger partial charge in [0.2, 0.25) is 16.3 Å². The number of hydrogen-bond acceptors (Lipinski definition) is 4. The van der Waals surface area contributed by atoms with Gasteiger partial charge in [-0.1, -0.05) is 57.6 Å². The zero-order valence-corrected chi connectivity index (χ0v) is 17.8. The number of aromatic nitrogens is 2. The van der Waals surface area contributed by atoms with Crippen LogP contribution in [0.1, 0.15) is 56.8 Å². The molecule has 0 saturated heterocycles. The zero-order chi connectivity index (χ0) is 18.6. The van der Waals surface area contributed by atoms with E-state index in [9.17, 15) is 0 Å². The summed E-state index contributed by atoms with van der Waals surface area (Å²) in [6.07, 6.45) is 12.1. The topological polar surface area (TPSA) is 66.2 Å². The van der Waals surface area contributed by atoms with E-state index in [-0.39, 0.29) is 13.2 Å². The lowest BCUT2D eigenvalue weighted by Crippen LogP contribution is -1.84.